The minimum atomic E-state index is -3.56. The molecule has 0 aromatic heterocycles. The van der Waals surface area contributed by atoms with E-state index in [9.17, 15) is 8.42 Å². The molecule has 1 atom stereocenters. The van der Waals surface area contributed by atoms with Crippen LogP contribution in [0, 0.1) is 0 Å². The molecule has 25 heavy (non-hydrogen) atoms. The van der Waals surface area contributed by atoms with Gasteiger partial charge < -0.3 is 10.1 Å². The van der Waals surface area contributed by atoms with E-state index < -0.39 is 10.0 Å². The van der Waals surface area contributed by atoms with Gasteiger partial charge in [0.15, 0.2) is 0 Å². The van der Waals surface area contributed by atoms with E-state index in [-0.39, 0.29) is 10.8 Å². The number of ether oxygens (including phenoxy) is 1. The second kappa shape index (κ2) is 7.15. The SMILES string of the molecule is COc1cc2c(cc1S(=O)(=O)N(C)C)CCNCC2c1ccccc1. The summed E-state index contributed by atoms with van der Waals surface area (Å²) in [5.74, 6) is 0.569. The fourth-order valence-electron chi connectivity index (χ4n) is 3.28. The molecule has 0 saturated heterocycles. The molecule has 134 valence electrons. The molecule has 5 nitrogen and oxygen atoms in total. The third-order valence-corrected chi connectivity index (χ3v) is 6.52. The fraction of sp³-hybridized carbons (Fsp3) is 0.368. The molecule has 1 aliphatic rings. The zero-order valence-corrected chi connectivity index (χ0v) is 15.6. The average Bonchev–Trinajstić information content (AvgIpc) is 2.83. The summed E-state index contributed by atoms with van der Waals surface area (Å²) in [6.07, 6.45) is 0.790. The van der Waals surface area contributed by atoms with Gasteiger partial charge in [-0.2, -0.15) is 0 Å². The van der Waals surface area contributed by atoms with Gasteiger partial charge in [-0.3, -0.25) is 0 Å². The first-order valence-electron chi connectivity index (χ1n) is 8.34. The molecule has 0 aliphatic carbocycles. The van der Waals surface area contributed by atoms with Gasteiger partial charge in [-0.05, 0) is 41.8 Å². The number of benzene rings is 2. The molecule has 1 aliphatic heterocycles. The van der Waals surface area contributed by atoms with E-state index in [0.29, 0.717) is 5.75 Å². The maximum Gasteiger partial charge on any atom is 0.246 e. The molecule has 3 rings (SSSR count). The van der Waals surface area contributed by atoms with E-state index in [0.717, 1.165) is 30.6 Å². The first-order valence-corrected chi connectivity index (χ1v) is 9.78. The van der Waals surface area contributed by atoms with Gasteiger partial charge in [0.05, 0.1) is 7.11 Å². The Kier molecular flexibility index (Phi) is 5.13. The van der Waals surface area contributed by atoms with Crippen molar-refractivity contribution in [3.05, 3.63) is 59.2 Å². The summed E-state index contributed by atoms with van der Waals surface area (Å²) in [6, 6.07) is 14.0. The van der Waals surface area contributed by atoms with Crippen molar-refractivity contribution in [2.75, 3.05) is 34.3 Å². The number of methoxy groups -OCH3 is 1. The lowest BCUT2D eigenvalue weighted by molar-refractivity contribution is 0.399. The normalized spacial score (nSPS) is 17.8. The Bertz CT molecular complexity index is 848. The monoisotopic (exact) mass is 360 g/mol. The van der Waals surface area contributed by atoms with E-state index in [2.05, 4.69) is 17.4 Å². The van der Waals surface area contributed by atoms with Crippen LogP contribution in [0.25, 0.3) is 0 Å². The molecule has 1 N–H and O–H groups in total. The van der Waals surface area contributed by atoms with E-state index in [1.54, 1.807) is 6.07 Å². The number of hydrogen-bond acceptors (Lipinski definition) is 4. The summed E-state index contributed by atoms with van der Waals surface area (Å²) in [5.41, 5.74) is 3.40. The quantitative estimate of drug-likeness (QED) is 0.908. The average molecular weight is 360 g/mol. The summed E-state index contributed by atoms with van der Waals surface area (Å²) >= 11 is 0. The Morgan fingerprint density at radius 2 is 1.88 bits per heavy atom. The number of rotatable bonds is 4. The second-order valence-electron chi connectivity index (χ2n) is 6.41. The van der Waals surface area contributed by atoms with E-state index in [1.807, 2.05) is 24.3 Å². The molecule has 6 heteroatoms. The van der Waals surface area contributed by atoms with Crippen LogP contribution in [0.2, 0.25) is 0 Å². The highest BCUT2D eigenvalue weighted by Crippen LogP contribution is 2.36. The molecule has 2 aromatic carbocycles. The van der Waals surface area contributed by atoms with Gasteiger partial charge in [0.25, 0.3) is 0 Å². The predicted molar refractivity (Wildman–Crippen MR) is 98.7 cm³/mol. The lowest BCUT2D eigenvalue weighted by atomic mass is 9.88. The summed E-state index contributed by atoms with van der Waals surface area (Å²) in [7, 11) is 1.03. The molecule has 0 saturated carbocycles. The topological polar surface area (TPSA) is 58.6 Å². The van der Waals surface area contributed by atoms with Gasteiger partial charge >= 0.3 is 0 Å². The minimum absolute atomic E-state index is 0.170. The third kappa shape index (κ3) is 3.42. The van der Waals surface area contributed by atoms with Crippen molar-refractivity contribution in [3.8, 4) is 5.75 Å². The first-order chi connectivity index (χ1) is 11.9. The number of nitrogens with one attached hydrogen (secondary N) is 1. The summed E-state index contributed by atoms with van der Waals surface area (Å²) in [5, 5.41) is 3.46. The molecule has 2 aromatic rings. The molecular weight excluding hydrogens is 336 g/mol. The molecular formula is C19H24N2O3S. The van der Waals surface area contributed by atoms with E-state index >= 15 is 0 Å². The summed E-state index contributed by atoms with van der Waals surface area (Å²) in [4.78, 5) is 0.229. The number of sulfonamides is 1. The Labute approximate surface area is 149 Å². The highest BCUT2D eigenvalue weighted by molar-refractivity contribution is 7.89. The first kappa shape index (κ1) is 17.9. The second-order valence-corrected chi connectivity index (χ2v) is 8.53. The highest BCUT2D eigenvalue weighted by Gasteiger charge is 2.28. The lowest BCUT2D eigenvalue weighted by Gasteiger charge is -2.21. The fourth-order valence-corrected chi connectivity index (χ4v) is 4.36. The molecule has 0 spiro atoms. The van der Waals surface area contributed by atoms with Gasteiger partial charge in [0.1, 0.15) is 10.6 Å². The van der Waals surface area contributed by atoms with Crippen molar-refractivity contribution in [2.24, 2.45) is 0 Å². The van der Waals surface area contributed by atoms with Crippen molar-refractivity contribution in [1.82, 2.24) is 9.62 Å². The van der Waals surface area contributed by atoms with Crippen molar-refractivity contribution in [3.63, 3.8) is 0 Å². The highest BCUT2D eigenvalue weighted by atomic mass is 32.2. The van der Waals surface area contributed by atoms with E-state index in [4.69, 9.17) is 4.74 Å². The smallest absolute Gasteiger partial charge is 0.246 e. The molecule has 0 amide bonds. The predicted octanol–water partition coefficient (Wildman–Crippen LogP) is 2.22. The summed E-state index contributed by atoms with van der Waals surface area (Å²) in [6.45, 7) is 1.64. The lowest BCUT2D eigenvalue weighted by Crippen LogP contribution is -2.23. The number of hydrogen-bond donors (Lipinski definition) is 1. The van der Waals surface area contributed by atoms with Crippen molar-refractivity contribution in [2.45, 2.75) is 17.2 Å². The number of nitrogens with zero attached hydrogens (tertiary/aromatic N) is 1. The molecule has 0 radical (unpaired) electrons. The third-order valence-electron chi connectivity index (χ3n) is 4.68. The Hall–Kier alpha value is -1.89. The maximum absolute atomic E-state index is 12.7. The van der Waals surface area contributed by atoms with Crippen LogP contribution in [0.15, 0.2) is 47.4 Å². The van der Waals surface area contributed by atoms with Crippen LogP contribution < -0.4 is 10.1 Å². The van der Waals surface area contributed by atoms with Crippen LogP contribution in [0.5, 0.6) is 5.75 Å². The van der Waals surface area contributed by atoms with Crippen LogP contribution >= 0.6 is 0 Å². The van der Waals surface area contributed by atoms with Gasteiger partial charge in [-0.1, -0.05) is 30.3 Å². The van der Waals surface area contributed by atoms with Gasteiger partial charge in [-0.15, -0.1) is 0 Å². The molecule has 1 heterocycles. The standard InChI is InChI=1S/C19H24N2O3S/c1-21(2)25(22,23)19-11-15-9-10-20-13-17(14-7-5-4-6-8-14)16(15)12-18(19)24-3/h4-8,11-12,17,20H,9-10,13H2,1-3H3. The van der Waals surface area contributed by atoms with Crippen LogP contribution in [-0.2, 0) is 16.4 Å². The van der Waals surface area contributed by atoms with Crippen LogP contribution in [0.4, 0.5) is 0 Å². The van der Waals surface area contributed by atoms with Gasteiger partial charge in [-0.25, -0.2) is 12.7 Å². The molecule has 0 fully saturated rings. The van der Waals surface area contributed by atoms with Crippen LogP contribution in [-0.4, -0.2) is 47.0 Å². The Morgan fingerprint density at radius 1 is 1.16 bits per heavy atom. The van der Waals surface area contributed by atoms with Gasteiger partial charge in [0.2, 0.25) is 10.0 Å². The molecule has 0 bridgehead atoms. The molecule has 1 unspecified atom stereocenters. The van der Waals surface area contributed by atoms with E-state index in [1.165, 1.54) is 31.1 Å². The van der Waals surface area contributed by atoms with Crippen LogP contribution in [0.1, 0.15) is 22.6 Å². The van der Waals surface area contributed by atoms with Gasteiger partial charge in [0, 0.05) is 26.6 Å². The maximum atomic E-state index is 12.7. The zero-order valence-electron chi connectivity index (χ0n) is 14.8. The Balaban J connectivity index is 2.18. The number of fused-ring (bicyclic) bond motifs is 1. The Morgan fingerprint density at radius 3 is 2.52 bits per heavy atom. The minimum Gasteiger partial charge on any atom is -0.495 e. The zero-order chi connectivity index (χ0) is 18.0. The van der Waals surface area contributed by atoms with Crippen molar-refractivity contribution >= 4 is 10.0 Å². The van der Waals surface area contributed by atoms with Crippen molar-refractivity contribution in [1.29, 1.82) is 0 Å². The largest absolute Gasteiger partial charge is 0.495 e. The van der Waals surface area contributed by atoms with Crippen molar-refractivity contribution < 1.29 is 13.2 Å². The van der Waals surface area contributed by atoms with Crippen LogP contribution in [0.3, 0.4) is 0 Å². The summed E-state index contributed by atoms with van der Waals surface area (Å²) < 4.78 is 32.0.